The molecule has 4 aliphatic carbocycles. The van der Waals surface area contributed by atoms with Gasteiger partial charge in [0.15, 0.2) is 0 Å². The zero-order valence-electron chi connectivity index (χ0n) is 28.3. The van der Waals surface area contributed by atoms with Crippen LogP contribution in [-0.2, 0) is 9.47 Å². The highest BCUT2D eigenvalue weighted by molar-refractivity contribution is 6.03. The van der Waals surface area contributed by atoms with E-state index in [0.29, 0.717) is 11.0 Å². The average molecular weight is 591 g/mol. The Labute approximate surface area is 261 Å². The number of hydrogen-bond acceptors (Lipinski definition) is 4. The summed E-state index contributed by atoms with van der Waals surface area (Å²) in [5.41, 5.74) is 2.16. The van der Waals surface area contributed by atoms with Crippen molar-refractivity contribution in [3.8, 4) is 0 Å². The first-order chi connectivity index (χ1) is 20.2. The second-order valence-electron chi connectivity index (χ2n) is 16.6. The van der Waals surface area contributed by atoms with Gasteiger partial charge < -0.3 is 9.47 Å². The van der Waals surface area contributed by atoms with Crippen LogP contribution in [0.15, 0.2) is 35.9 Å². The Morgan fingerprint density at radius 2 is 1.60 bits per heavy atom. The number of ether oxygens (including phenoxy) is 2. The maximum Gasteiger partial charge on any atom is 0.339 e. The number of esters is 2. The molecular weight excluding hydrogens is 532 g/mol. The zero-order chi connectivity index (χ0) is 31.2. The number of carbonyl (C=O) groups is 2. The molecule has 238 valence electrons. The monoisotopic (exact) mass is 590 g/mol. The van der Waals surface area contributed by atoms with Crippen LogP contribution in [0.4, 0.5) is 0 Å². The molecule has 3 fully saturated rings. The van der Waals surface area contributed by atoms with Gasteiger partial charge in [0.2, 0.25) is 0 Å². The van der Waals surface area contributed by atoms with Crippen LogP contribution < -0.4 is 0 Å². The van der Waals surface area contributed by atoms with Gasteiger partial charge in [-0.3, -0.25) is 0 Å². The molecule has 0 N–H and O–H groups in total. The van der Waals surface area contributed by atoms with Gasteiger partial charge in [-0.2, -0.15) is 0 Å². The summed E-state index contributed by atoms with van der Waals surface area (Å²) in [5.74, 6) is 4.00. The maximum atomic E-state index is 13.4. The number of rotatable bonds is 8. The fourth-order valence-electron chi connectivity index (χ4n) is 10.1. The third-order valence-corrected chi connectivity index (χ3v) is 12.3. The SMILES string of the molecule is CC(C)CCC[C@@H](C)[C@H]1CC[C@H]2[C@@H]3CC=C4C[C@@H](OC(=O)c5ccccc5C(=O)OC(C)(C)C)CC[C@]4(C)[C@H]3CC[C@]12C. The molecule has 43 heavy (non-hydrogen) atoms. The standard InChI is InChI=1S/C39H58O4/c1-25(2)12-11-13-26(3)32-18-19-33-31-17-16-27-24-28(20-22-38(27,7)34(31)21-23-39(32,33)8)42-35(40)29-14-9-10-15-30(29)36(41)43-37(4,5)6/h9-10,14-16,25-26,28,31-34H,11-13,17-24H2,1-8H3/t26-,28+,31+,32-,33+,34+,38+,39-/m1/s1. The van der Waals surface area contributed by atoms with Gasteiger partial charge in [0.25, 0.3) is 0 Å². The highest BCUT2D eigenvalue weighted by Gasteiger charge is 2.59. The molecule has 0 heterocycles. The van der Waals surface area contributed by atoms with E-state index < -0.39 is 17.5 Å². The van der Waals surface area contributed by atoms with Gasteiger partial charge in [-0.15, -0.1) is 0 Å². The summed E-state index contributed by atoms with van der Waals surface area (Å²) < 4.78 is 11.7. The summed E-state index contributed by atoms with van der Waals surface area (Å²) in [4.78, 5) is 26.2. The minimum absolute atomic E-state index is 0.147. The Bertz CT molecular complexity index is 1210. The summed E-state index contributed by atoms with van der Waals surface area (Å²) in [6.07, 6.45) is 16.1. The second-order valence-corrected chi connectivity index (χ2v) is 16.6. The van der Waals surface area contributed by atoms with Gasteiger partial charge in [0.05, 0.1) is 11.1 Å². The number of benzene rings is 1. The summed E-state index contributed by atoms with van der Waals surface area (Å²) in [7, 11) is 0. The van der Waals surface area contributed by atoms with Crippen molar-refractivity contribution in [2.75, 3.05) is 0 Å². The van der Waals surface area contributed by atoms with Crippen LogP contribution >= 0.6 is 0 Å². The first kappa shape index (κ1) is 32.3. The molecule has 4 nitrogen and oxygen atoms in total. The predicted octanol–water partition coefficient (Wildman–Crippen LogP) is 10.2. The Morgan fingerprint density at radius 1 is 0.907 bits per heavy atom. The zero-order valence-corrected chi connectivity index (χ0v) is 28.3. The van der Waals surface area contributed by atoms with E-state index in [0.717, 1.165) is 54.8 Å². The Balaban J connectivity index is 1.25. The first-order valence-corrected chi connectivity index (χ1v) is 17.5. The normalized spacial score (nSPS) is 34.4. The van der Waals surface area contributed by atoms with Gasteiger partial charge in [0.1, 0.15) is 11.7 Å². The van der Waals surface area contributed by atoms with Crippen LogP contribution in [0.3, 0.4) is 0 Å². The van der Waals surface area contributed by atoms with E-state index in [-0.39, 0.29) is 17.1 Å². The van der Waals surface area contributed by atoms with Gasteiger partial charge in [0, 0.05) is 6.42 Å². The molecule has 0 amide bonds. The van der Waals surface area contributed by atoms with Gasteiger partial charge >= 0.3 is 11.9 Å². The Morgan fingerprint density at radius 3 is 2.28 bits per heavy atom. The van der Waals surface area contributed by atoms with Crippen molar-refractivity contribution in [1.82, 2.24) is 0 Å². The Hall–Kier alpha value is -2.10. The molecule has 1 aromatic carbocycles. The van der Waals surface area contributed by atoms with Crippen molar-refractivity contribution >= 4 is 11.9 Å². The lowest BCUT2D eigenvalue weighted by Crippen LogP contribution is -2.51. The van der Waals surface area contributed by atoms with Gasteiger partial charge in [-0.05, 0) is 124 Å². The van der Waals surface area contributed by atoms with Crippen LogP contribution in [-0.4, -0.2) is 23.6 Å². The molecule has 0 aromatic heterocycles. The van der Waals surface area contributed by atoms with E-state index >= 15 is 0 Å². The third-order valence-electron chi connectivity index (χ3n) is 12.3. The second kappa shape index (κ2) is 12.4. The number of fused-ring (bicyclic) bond motifs is 5. The quantitative estimate of drug-likeness (QED) is 0.223. The molecule has 1 aromatic rings. The molecule has 0 aliphatic heterocycles. The van der Waals surface area contributed by atoms with Gasteiger partial charge in [-0.25, -0.2) is 9.59 Å². The molecule has 0 radical (unpaired) electrons. The first-order valence-electron chi connectivity index (χ1n) is 17.5. The smallest absolute Gasteiger partial charge is 0.339 e. The van der Waals surface area contributed by atoms with Crippen molar-refractivity contribution in [3.05, 3.63) is 47.0 Å². The van der Waals surface area contributed by atoms with Crippen molar-refractivity contribution < 1.29 is 19.1 Å². The molecule has 0 bridgehead atoms. The molecule has 4 aliphatic rings. The molecule has 4 heteroatoms. The molecule has 0 saturated heterocycles. The van der Waals surface area contributed by atoms with E-state index in [1.807, 2.05) is 20.8 Å². The topological polar surface area (TPSA) is 52.6 Å². The van der Waals surface area contributed by atoms with E-state index in [2.05, 4.69) is 40.7 Å². The molecule has 8 atom stereocenters. The van der Waals surface area contributed by atoms with E-state index in [9.17, 15) is 9.59 Å². The summed E-state index contributed by atoms with van der Waals surface area (Å²) in [6.45, 7) is 18.0. The predicted molar refractivity (Wildman–Crippen MR) is 174 cm³/mol. The summed E-state index contributed by atoms with van der Waals surface area (Å²) in [5, 5.41) is 0. The van der Waals surface area contributed by atoms with Crippen molar-refractivity contribution in [2.45, 2.75) is 138 Å². The van der Waals surface area contributed by atoms with Crippen LogP contribution in [0.1, 0.15) is 147 Å². The van der Waals surface area contributed by atoms with E-state index in [1.165, 1.54) is 56.9 Å². The minimum Gasteiger partial charge on any atom is -0.458 e. The highest BCUT2D eigenvalue weighted by Crippen LogP contribution is 2.67. The number of allylic oxidation sites excluding steroid dienone is 1. The lowest BCUT2D eigenvalue weighted by atomic mass is 9.47. The largest absolute Gasteiger partial charge is 0.458 e. The summed E-state index contributed by atoms with van der Waals surface area (Å²) in [6, 6.07) is 6.88. The third kappa shape index (κ3) is 6.50. The van der Waals surface area contributed by atoms with E-state index in [1.54, 1.807) is 24.3 Å². The fraction of sp³-hybridized carbons (Fsp3) is 0.744. The Kier molecular flexibility index (Phi) is 9.28. The van der Waals surface area contributed by atoms with Crippen LogP contribution in [0, 0.1) is 46.3 Å². The lowest BCUT2D eigenvalue weighted by molar-refractivity contribution is -0.0594. The fourth-order valence-corrected chi connectivity index (χ4v) is 10.1. The molecule has 0 spiro atoms. The minimum atomic E-state index is -0.630. The van der Waals surface area contributed by atoms with Crippen molar-refractivity contribution in [3.63, 3.8) is 0 Å². The maximum absolute atomic E-state index is 13.4. The summed E-state index contributed by atoms with van der Waals surface area (Å²) >= 11 is 0. The molecule has 3 saturated carbocycles. The number of carbonyl (C=O) groups excluding carboxylic acids is 2. The van der Waals surface area contributed by atoms with Gasteiger partial charge in [-0.1, -0.05) is 77.7 Å². The number of hydrogen-bond donors (Lipinski definition) is 0. The van der Waals surface area contributed by atoms with Crippen LogP contribution in [0.2, 0.25) is 0 Å². The molecular formula is C39H58O4. The van der Waals surface area contributed by atoms with Crippen LogP contribution in [0.5, 0.6) is 0 Å². The molecule has 5 rings (SSSR count). The lowest BCUT2D eigenvalue weighted by Gasteiger charge is -2.58. The van der Waals surface area contributed by atoms with Crippen molar-refractivity contribution in [1.29, 1.82) is 0 Å². The average Bonchev–Trinajstić information content (AvgIpc) is 3.29. The van der Waals surface area contributed by atoms with Crippen LogP contribution in [0.25, 0.3) is 0 Å². The highest BCUT2D eigenvalue weighted by atomic mass is 16.6. The van der Waals surface area contributed by atoms with E-state index in [4.69, 9.17) is 9.47 Å². The molecule has 0 unspecified atom stereocenters. The van der Waals surface area contributed by atoms with Crippen molar-refractivity contribution in [2.24, 2.45) is 46.3 Å².